The quantitative estimate of drug-likeness (QED) is 0.444. The van der Waals surface area contributed by atoms with E-state index in [0.29, 0.717) is 49.9 Å². The van der Waals surface area contributed by atoms with E-state index in [9.17, 15) is 14.4 Å². The summed E-state index contributed by atoms with van der Waals surface area (Å²) in [5.41, 5.74) is 12.6. The van der Waals surface area contributed by atoms with Crippen LogP contribution in [0.3, 0.4) is 0 Å². The van der Waals surface area contributed by atoms with E-state index in [4.69, 9.17) is 11.5 Å². The first-order chi connectivity index (χ1) is 19.4. The van der Waals surface area contributed by atoms with Crippen LogP contribution in [-0.4, -0.2) is 93.6 Å². The van der Waals surface area contributed by atoms with Crippen LogP contribution in [0.5, 0.6) is 0 Å². The molecule has 1 aliphatic carbocycles. The highest BCUT2D eigenvalue weighted by atomic mass is 16.2. The molecule has 1 aromatic heterocycles. The van der Waals surface area contributed by atoms with Crippen LogP contribution in [0.25, 0.3) is 5.69 Å². The normalized spacial score (nSPS) is 20.7. The summed E-state index contributed by atoms with van der Waals surface area (Å²) in [6, 6.07) is 9.93. The van der Waals surface area contributed by atoms with Crippen LogP contribution >= 0.6 is 0 Å². The molecule has 41 heavy (non-hydrogen) atoms. The van der Waals surface area contributed by atoms with Crippen LogP contribution in [0.15, 0.2) is 41.3 Å². The van der Waals surface area contributed by atoms with Gasteiger partial charge in [-0.2, -0.15) is 4.98 Å². The maximum absolute atomic E-state index is 12.8. The number of rotatable bonds is 8. The Morgan fingerprint density at radius 3 is 2.37 bits per heavy atom. The van der Waals surface area contributed by atoms with Gasteiger partial charge in [0.1, 0.15) is 5.82 Å². The number of amides is 3. The van der Waals surface area contributed by atoms with Gasteiger partial charge >= 0.3 is 11.7 Å². The number of nitrogens with two attached hydrogens (primary N) is 2. The van der Waals surface area contributed by atoms with Crippen molar-refractivity contribution >= 4 is 17.8 Å². The van der Waals surface area contributed by atoms with Gasteiger partial charge in [0.25, 0.3) is 0 Å². The van der Waals surface area contributed by atoms with Gasteiger partial charge in [-0.15, -0.1) is 0 Å². The second kappa shape index (κ2) is 13.1. The summed E-state index contributed by atoms with van der Waals surface area (Å²) >= 11 is 0. The van der Waals surface area contributed by atoms with Crippen molar-refractivity contribution in [2.24, 2.45) is 17.4 Å². The molecule has 1 aliphatic heterocycles. The van der Waals surface area contributed by atoms with Gasteiger partial charge in [-0.3, -0.25) is 14.7 Å². The molecule has 3 atom stereocenters. The van der Waals surface area contributed by atoms with Gasteiger partial charge in [-0.05, 0) is 83.2 Å². The zero-order valence-electron chi connectivity index (χ0n) is 24.9. The summed E-state index contributed by atoms with van der Waals surface area (Å²) in [5, 5.41) is 2.70. The fraction of sp³-hybridized carbons (Fsp3) is 0.600. The second-order valence-electron chi connectivity index (χ2n) is 12.3. The van der Waals surface area contributed by atoms with Crippen molar-refractivity contribution in [1.29, 1.82) is 0 Å². The van der Waals surface area contributed by atoms with Crippen molar-refractivity contribution in [3.05, 3.63) is 52.6 Å². The summed E-state index contributed by atoms with van der Waals surface area (Å²) in [5.74, 6) is 0.716. The molecule has 3 amide bonds. The van der Waals surface area contributed by atoms with E-state index in [1.54, 1.807) is 35.9 Å². The predicted octanol–water partition coefficient (Wildman–Crippen LogP) is 2.03. The van der Waals surface area contributed by atoms with E-state index < -0.39 is 11.2 Å². The number of piperazine rings is 1. The number of anilines is 1. The number of carbonyl (C=O) groups is 2. The summed E-state index contributed by atoms with van der Waals surface area (Å²) < 4.78 is 1.46. The van der Waals surface area contributed by atoms with E-state index in [1.807, 2.05) is 12.1 Å². The highest BCUT2D eigenvalue weighted by molar-refractivity contribution is 5.89. The first-order valence-corrected chi connectivity index (χ1v) is 14.7. The molecule has 2 fully saturated rings. The first-order valence-electron chi connectivity index (χ1n) is 14.7. The monoisotopic (exact) mass is 566 g/mol. The maximum Gasteiger partial charge on any atom is 0.354 e. The zero-order valence-corrected chi connectivity index (χ0v) is 24.9. The molecule has 2 aliphatic rings. The number of urea groups is 1. The van der Waals surface area contributed by atoms with E-state index in [-0.39, 0.29) is 17.8 Å². The topological polar surface area (TPSA) is 143 Å². The Morgan fingerprint density at radius 1 is 1.10 bits per heavy atom. The predicted molar refractivity (Wildman–Crippen MR) is 161 cm³/mol. The van der Waals surface area contributed by atoms with Gasteiger partial charge in [0.15, 0.2) is 0 Å². The lowest BCUT2D eigenvalue weighted by atomic mass is 9.85. The first kappa shape index (κ1) is 30.7. The summed E-state index contributed by atoms with van der Waals surface area (Å²) in [7, 11) is 2.19. The summed E-state index contributed by atoms with van der Waals surface area (Å²) in [6.07, 6.45) is 7.29. The van der Waals surface area contributed by atoms with Crippen molar-refractivity contribution < 1.29 is 9.59 Å². The van der Waals surface area contributed by atoms with Crippen LogP contribution in [0, 0.1) is 5.92 Å². The van der Waals surface area contributed by atoms with Gasteiger partial charge in [0, 0.05) is 51.0 Å². The Kier molecular flexibility index (Phi) is 9.83. The van der Waals surface area contributed by atoms with E-state index in [0.717, 1.165) is 25.8 Å². The number of aromatic nitrogens is 2. The highest BCUT2D eigenvalue weighted by Gasteiger charge is 2.31. The van der Waals surface area contributed by atoms with Crippen LogP contribution in [0.4, 0.5) is 10.6 Å². The molecule has 1 aromatic carbocycles. The number of likely N-dealkylation sites (N-methyl/N-ethyl adjacent to an activating group) is 1. The Bertz CT molecular complexity index is 1250. The fourth-order valence-corrected chi connectivity index (χ4v) is 5.75. The molecule has 1 unspecified atom stereocenters. The number of nitrogens with zero attached hydrogens (tertiary/aromatic N) is 5. The Hall–Kier alpha value is -3.28. The number of carbonyl (C=O) groups excluding carboxylic acids is 2. The third-order valence-corrected chi connectivity index (χ3v) is 8.31. The lowest BCUT2D eigenvalue weighted by molar-refractivity contribution is -0.137. The molecule has 11 nitrogen and oxygen atoms in total. The minimum Gasteiger partial charge on any atom is -0.338 e. The Balaban J connectivity index is 1.29. The van der Waals surface area contributed by atoms with Gasteiger partial charge in [0.2, 0.25) is 5.91 Å². The summed E-state index contributed by atoms with van der Waals surface area (Å²) in [4.78, 5) is 47.7. The lowest BCUT2D eigenvalue weighted by Gasteiger charge is -2.37. The molecule has 0 radical (unpaired) electrons. The van der Waals surface area contributed by atoms with Crippen LogP contribution in [0.2, 0.25) is 0 Å². The highest BCUT2D eigenvalue weighted by Crippen LogP contribution is 2.24. The van der Waals surface area contributed by atoms with E-state index in [2.05, 4.69) is 41.3 Å². The van der Waals surface area contributed by atoms with Gasteiger partial charge in [0.05, 0.1) is 11.2 Å². The van der Waals surface area contributed by atoms with Crippen molar-refractivity contribution in [2.75, 3.05) is 45.1 Å². The average Bonchev–Trinajstić information content (AvgIpc) is 2.93. The Morgan fingerprint density at radius 2 is 1.76 bits per heavy atom. The molecule has 1 saturated carbocycles. The van der Waals surface area contributed by atoms with Gasteiger partial charge < -0.3 is 26.2 Å². The standard InChI is InChI=1S/C30H46N8O3/c1-21(35(4)20-23-6-5-7-24(31)19-23)18-22-8-10-25(11-9-22)38-13-12-26(34-29(38)41)33-28(40)37-16-14-36(15-17-37)27(39)30(2,3)32/h8-13,21,23-24H,5-7,14-20,31-32H2,1-4H3,(H,33,34,40,41)/t21?,23-,24-/m0/s1. The van der Waals surface area contributed by atoms with Gasteiger partial charge in [-0.25, -0.2) is 9.59 Å². The third kappa shape index (κ3) is 8.15. The molecule has 1 saturated heterocycles. The smallest absolute Gasteiger partial charge is 0.338 e. The van der Waals surface area contributed by atoms with Crippen molar-refractivity contribution in [2.45, 2.75) is 70.5 Å². The molecule has 2 heterocycles. The number of hydrogen-bond donors (Lipinski definition) is 3. The van der Waals surface area contributed by atoms with E-state index >= 15 is 0 Å². The Labute approximate surface area is 242 Å². The molecular formula is C30H46N8O3. The maximum atomic E-state index is 12.8. The van der Waals surface area contributed by atoms with Crippen molar-refractivity contribution in [3.63, 3.8) is 0 Å². The molecule has 4 rings (SSSR count). The zero-order chi connectivity index (χ0) is 29.7. The van der Waals surface area contributed by atoms with Gasteiger partial charge in [-0.1, -0.05) is 18.6 Å². The van der Waals surface area contributed by atoms with Crippen LogP contribution < -0.4 is 22.5 Å². The van der Waals surface area contributed by atoms with Crippen LogP contribution in [0.1, 0.15) is 52.0 Å². The largest absolute Gasteiger partial charge is 0.354 e. The molecule has 5 N–H and O–H groups in total. The molecule has 2 aromatic rings. The second-order valence-corrected chi connectivity index (χ2v) is 12.3. The minimum absolute atomic E-state index is 0.141. The number of hydrogen-bond acceptors (Lipinski definition) is 7. The fourth-order valence-electron chi connectivity index (χ4n) is 5.75. The molecule has 0 bridgehead atoms. The number of nitrogens with one attached hydrogen (secondary N) is 1. The molecular weight excluding hydrogens is 520 g/mol. The molecule has 0 spiro atoms. The minimum atomic E-state index is -0.947. The lowest BCUT2D eigenvalue weighted by Crippen LogP contribution is -2.58. The average molecular weight is 567 g/mol. The van der Waals surface area contributed by atoms with Crippen LogP contribution in [-0.2, 0) is 11.2 Å². The summed E-state index contributed by atoms with van der Waals surface area (Å²) in [6.45, 7) is 8.22. The number of benzene rings is 1. The third-order valence-electron chi connectivity index (χ3n) is 8.31. The van der Waals surface area contributed by atoms with Crippen molar-refractivity contribution in [1.82, 2.24) is 24.3 Å². The van der Waals surface area contributed by atoms with E-state index in [1.165, 1.54) is 23.0 Å². The SMILES string of the molecule is CC(Cc1ccc(-n2ccc(NC(=O)N3CCN(C(=O)C(C)(C)N)CC3)nc2=O)cc1)N(C)C[C@H]1CCC[C@H](N)C1. The van der Waals surface area contributed by atoms with Crippen molar-refractivity contribution in [3.8, 4) is 5.69 Å². The molecule has 224 valence electrons. The molecule has 11 heteroatoms.